The molecule has 3 N–H and O–H groups in total. The van der Waals surface area contributed by atoms with E-state index in [-0.39, 0.29) is 18.1 Å². The molecule has 3 aromatic rings. The zero-order valence-corrected chi connectivity index (χ0v) is 16.1. The number of aromatic nitrogens is 2. The molecule has 0 saturated heterocycles. The zero-order chi connectivity index (χ0) is 18.8. The third-order valence-electron chi connectivity index (χ3n) is 3.85. The van der Waals surface area contributed by atoms with E-state index in [1.165, 1.54) is 23.0 Å². The minimum Gasteiger partial charge on any atom is -0.383 e. The Bertz CT molecular complexity index is 1070. The Labute approximate surface area is 160 Å². The van der Waals surface area contributed by atoms with Crippen LogP contribution in [0, 0.1) is 0 Å². The smallest absolute Gasteiger partial charge is 0.330 e. The molecule has 1 aromatic carbocycles. The Kier molecular flexibility index (Phi) is 5.10. The first-order chi connectivity index (χ1) is 12.4. The summed E-state index contributed by atoms with van der Waals surface area (Å²) in [6.07, 6.45) is 0. The van der Waals surface area contributed by atoms with Crippen molar-refractivity contribution in [2.75, 3.05) is 17.7 Å². The van der Waals surface area contributed by atoms with Crippen LogP contribution in [0.5, 0.6) is 0 Å². The number of H-pyrrole nitrogens is 1. The predicted octanol–water partition coefficient (Wildman–Crippen LogP) is 2.27. The van der Waals surface area contributed by atoms with E-state index >= 15 is 0 Å². The van der Waals surface area contributed by atoms with Crippen LogP contribution in [0.3, 0.4) is 0 Å². The van der Waals surface area contributed by atoms with E-state index in [0.29, 0.717) is 9.35 Å². The lowest BCUT2D eigenvalue weighted by atomic mass is 10.2. The number of rotatable bonds is 4. The molecule has 0 spiro atoms. The van der Waals surface area contributed by atoms with Gasteiger partial charge in [-0.15, -0.1) is 11.3 Å². The number of amides is 1. The van der Waals surface area contributed by atoms with Crippen LogP contribution in [0.1, 0.15) is 15.2 Å². The number of anilines is 2. The normalized spacial score (nSPS) is 10.7. The van der Waals surface area contributed by atoms with Gasteiger partial charge in [0.1, 0.15) is 10.7 Å². The van der Waals surface area contributed by atoms with Crippen LogP contribution < -0.4 is 21.9 Å². The number of halogens is 1. The van der Waals surface area contributed by atoms with Gasteiger partial charge in [-0.3, -0.25) is 19.1 Å². The zero-order valence-electron chi connectivity index (χ0n) is 13.7. The van der Waals surface area contributed by atoms with Gasteiger partial charge in [0.2, 0.25) is 0 Å². The lowest BCUT2D eigenvalue weighted by Gasteiger charge is -2.20. The summed E-state index contributed by atoms with van der Waals surface area (Å²) in [5.74, 6) is -0.458. The minimum absolute atomic E-state index is 0.0638. The molecule has 1 amide bonds. The predicted molar refractivity (Wildman–Crippen MR) is 106 cm³/mol. The molecule has 7 nitrogen and oxygen atoms in total. The first-order valence-corrected chi connectivity index (χ1v) is 9.25. The highest BCUT2D eigenvalue weighted by atomic mass is 79.9. The van der Waals surface area contributed by atoms with E-state index in [0.717, 1.165) is 10.5 Å². The van der Waals surface area contributed by atoms with Gasteiger partial charge in [-0.25, -0.2) is 4.79 Å². The van der Waals surface area contributed by atoms with Gasteiger partial charge in [0, 0.05) is 11.5 Å². The van der Waals surface area contributed by atoms with Crippen molar-refractivity contribution >= 4 is 44.7 Å². The van der Waals surface area contributed by atoms with Crippen molar-refractivity contribution in [3.05, 3.63) is 77.5 Å². The number of carbonyl (C=O) groups excluding carboxylic acids is 1. The molecule has 2 aromatic heterocycles. The highest BCUT2D eigenvalue weighted by molar-refractivity contribution is 9.10. The number of thiophene rings is 1. The fraction of sp³-hybridized carbons (Fsp3) is 0.118. The van der Waals surface area contributed by atoms with E-state index in [1.807, 2.05) is 30.3 Å². The van der Waals surface area contributed by atoms with Crippen molar-refractivity contribution in [1.82, 2.24) is 9.55 Å². The summed E-state index contributed by atoms with van der Waals surface area (Å²) in [5, 5.41) is 1.76. The Morgan fingerprint density at radius 3 is 2.58 bits per heavy atom. The molecular formula is C17H15BrN4O3S. The third kappa shape index (κ3) is 3.35. The molecule has 134 valence electrons. The van der Waals surface area contributed by atoms with Crippen molar-refractivity contribution in [1.29, 1.82) is 0 Å². The summed E-state index contributed by atoms with van der Waals surface area (Å²) < 4.78 is 1.87. The van der Waals surface area contributed by atoms with E-state index in [9.17, 15) is 14.4 Å². The van der Waals surface area contributed by atoms with E-state index in [2.05, 4.69) is 20.9 Å². The molecule has 9 heteroatoms. The average molecular weight is 435 g/mol. The van der Waals surface area contributed by atoms with Crippen molar-refractivity contribution < 1.29 is 4.79 Å². The van der Waals surface area contributed by atoms with Gasteiger partial charge in [0.05, 0.1) is 6.54 Å². The molecule has 0 fully saturated rings. The van der Waals surface area contributed by atoms with E-state index in [1.54, 1.807) is 11.4 Å². The maximum absolute atomic E-state index is 12.7. The molecular weight excluding hydrogens is 420 g/mol. The quantitative estimate of drug-likeness (QED) is 0.657. The van der Waals surface area contributed by atoms with Crippen molar-refractivity contribution in [2.24, 2.45) is 0 Å². The van der Waals surface area contributed by atoms with Gasteiger partial charge in [0.15, 0.2) is 5.69 Å². The van der Waals surface area contributed by atoms with Crippen LogP contribution in [-0.2, 0) is 6.54 Å². The molecule has 0 saturated carbocycles. The first-order valence-electron chi connectivity index (χ1n) is 7.57. The van der Waals surface area contributed by atoms with Gasteiger partial charge >= 0.3 is 5.69 Å². The minimum atomic E-state index is -0.708. The SMILES string of the molecule is CN(C(=O)c1sccc1Br)c1c(N)n(Cc2ccccc2)c(=O)[nH]c1=O. The fourth-order valence-corrected chi connectivity index (χ4v) is 4.04. The number of nitrogens with one attached hydrogen (secondary N) is 1. The second-order valence-electron chi connectivity index (χ2n) is 5.53. The summed E-state index contributed by atoms with van der Waals surface area (Å²) in [7, 11) is 1.45. The third-order valence-corrected chi connectivity index (χ3v) is 5.67. The summed E-state index contributed by atoms with van der Waals surface area (Å²) in [6, 6.07) is 11.0. The fourth-order valence-electron chi connectivity index (χ4n) is 2.52. The summed E-state index contributed by atoms with van der Waals surface area (Å²) >= 11 is 4.55. The number of hydrogen-bond donors (Lipinski definition) is 2. The summed E-state index contributed by atoms with van der Waals surface area (Å²) in [4.78, 5) is 41.1. The number of nitrogen functional groups attached to an aromatic ring is 1. The van der Waals surface area contributed by atoms with Gasteiger partial charge in [-0.1, -0.05) is 30.3 Å². The number of nitrogens with zero attached hydrogens (tertiary/aromatic N) is 2. The van der Waals surface area contributed by atoms with Crippen LogP contribution >= 0.6 is 27.3 Å². The molecule has 0 atom stereocenters. The molecule has 0 aliphatic rings. The second-order valence-corrected chi connectivity index (χ2v) is 7.30. The van der Waals surface area contributed by atoms with Crippen LogP contribution in [0.4, 0.5) is 11.5 Å². The van der Waals surface area contributed by atoms with E-state index in [4.69, 9.17) is 5.73 Å². The molecule has 26 heavy (non-hydrogen) atoms. The Morgan fingerprint density at radius 1 is 1.27 bits per heavy atom. The van der Waals surface area contributed by atoms with Gasteiger partial charge in [-0.05, 0) is 32.9 Å². The maximum atomic E-state index is 12.7. The molecule has 0 radical (unpaired) electrons. The van der Waals surface area contributed by atoms with Crippen LogP contribution in [0.15, 0.2) is 55.8 Å². The Hall–Kier alpha value is -2.65. The largest absolute Gasteiger partial charge is 0.383 e. The average Bonchev–Trinajstić information content (AvgIpc) is 3.04. The lowest BCUT2D eigenvalue weighted by molar-refractivity contribution is 0.0996. The number of nitrogens with two attached hydrogens (primary N) is 1. The number of hydrogen-bond acceptors (Lipinski definition) is 5. The van der Waals surface area contributed by atoms with E-state index < -0.39 is 17.2 Å². The van der Waals surface area contributed by atoms with Crippen molar-refractivity contribution in [3.8, 4) is 0 Å². The van der Waals surface area contributed by atoms with Gasteiger partial charge < -0.3 is 10.6 Å². The molecule has 2 heterocycles. The van der Waals surface area contributed by atoms with Gasteiger partial charge in [-0.2, -0.15) is 0 Å². The maximum Gasteiger partial charge on any atom is 0.330 e. The lowest BCUT2D eigenvalue weighted by Crippen LogP contribution is -2.39. The standard InChI is InChI=1S/C17H15BrN4O3S/c1-21(16(24)13-11(18)7-8-26-13)12-14(19)22(17(25)20-15(12)23)9-10-5-3-2-4-6-10/h2-8H,9,19H2,1H3,(H,20,23,25). The highest BCUT2D eigenvalue weighted by Gasteiger charge is 2.24. The topological polar surface area (TPSA) is 101 Å². The van der Waals surface area contributed by atoms with Gasteiger partial charge in [0.25, 0.3) is 11.5 Å². The molecule has 0 unspecified atom stereocenters. The molecule has 0 aliphatic carbocycles. The van der Waals surface area contributed by atoms with Crippen molar-refractivity contribution in [2.45, 2.75) is 6.54 Å². The number of benzene rings is 1. The first kappa shape index (κ1) is 18.2. The number of carbonyl (C=O) groups is 1. The monoisotopic (exact) mass is 434 g/mol. The van der Waals surface area contributed by atoms with Crippen LogP contribution in [0.2, 0.25) is 0 Å². The molecule has 0 aliphatic heterocycles. The highest BCUT2D eigenvalue weighted by Crippen LogP contribution is 2.26. The van der Waals surface area contributed by atoms with Crippen LogP contribution in [0.25, 0.3) is 0 Å². The summed E-state index contributed by atoms with van der Waals surface area (Å²) in [5.41, 5.74) is 5.55. The molecule has 3 rings (SSSR count). The number of aromatic amines is 1. The van der Waals surface area contributed by atoms with Crippen molar-refractivity contribution in [3.63, 3.8) is 0 Å². The molecule has 0 bridgehead atoms. The van der Waals surface area contributed by atoms with Crippen LogP contribution in [-0.4, -0.2) is 22.5 Å². The Morgan fingerprint density at radius 2 is 1.96 bits per heavy atom. The Balaban J connectivity index is 2.06. The second kappa shape index (κ2) is 7.30. The summed E-state index contributed by atoms with van der Waals surface area (Å²) in [6.45, 7) is 0.181.